The second kappa shape index (κ2) is 9.60. The van der Waals surface area contributed by atoms with Crippen molar-refractivity contribution < 1.29 is 5.11 Å². The Bertz CT molecular complexity index is 538. The number of nitrogens with zero attached hydrogens (tertiary/aromatic N) is 1. The molecular weight excluding hydrogens is 535 g/mol. The van der Waals surface area contributed by atoms with E-state index in [9.17, 15) is 5.11 Å². The van der Waals surface area contributed by atoms with Gasteiger partial charge in [0.1, 0.15) is 5.75 Å². The van der Waals surface area contributed by atoms with Crippen LogP contribution in [-0.2, 0) is 0 Å². The molecule has 1 aromatic carbocycles. The molecule has 23 heavy (non-hydrogen) atoms. The highest BCUT2D eigenvalue weighted by Crippen LogP contribution is 2.49. The standard InChI is InChI=1S/C15H19Br3N2O.2ClH/c16-10-8-11(17)15(21)13(18)12(10)14(9-2-1-3-9)20-6-4-19-5-7-20;;/h8-9,14,19,21H,1-7H2;2*1H/t14-;;/m1../s1. The van der Waals surface area contributed by atoms with Gasteiger partial charge in [-0.15, -0.1) is 24.8 Å². The van der Waals surface area contributed by atoms with E-state index in [4.69, 9.17) is 0 Å². The summed E-state index contributed by atoms with van der Waals surface area (Å²) in [6.07, 6.45) is 3.89. The molecule has 2 N–H and O–H groups in total. The van der Waals surface area contributed by atoms with Crippen LogP contribution in [0.2, 0.25) is 0 Å². The van der Waals surface area contributed by atoms with Crippen LogP contribution < -0.4 is 5.32 Å². The van der Waals surface area contributed by atoms with Gasteiger partial charge in [0.2, 0.25) is 0 Å². The van der Waals surface area contributed by atoms with Crippen molar-refractivity contribution >= 4 is 72.6 Å². The fourth-order valence-corrected chi connectivity index (χ4v) is 5.89. The average Bonchev–Trinajstić information content (AvgIpc) is 2.43. The highest BCUT2D eigenvalue weighted by atomic mass is 79.9. The fraction of sp³-hybridized carbons (Fsp3) is 0.600. The lowest BCUT2D eigenvalue weighted by Gasteiger charge is -2.44. The summed E-state index contributed by atoms with van der Waals surface area (Å²) >= 11 is 10.7. The highest BCUT2D eigenvalue weighted by Gasteiger charge is 2.36. The third kappa shape index (κ3) is 4.57. The van der Waals surface area contributed by atoms with Crippen LogP contribution in [0.3, 0.4) is 0 Å². The van der Waals surface area contributed by atoms with Crippen LogP contribution in [-0.4, -0.2) is 36.2 Å². The lowest BCUT2D eigenvalue weighted by molar-refractivity contribution is 0.0826. The number of benzene rings is 1. The molecule has 1 aliphatic heterocycles. The predicted octanol–water partition coefficient (Wildman–Crippen LogP) is 5.27. The summed E-state index contributed by atoms with van der Waals surface area (Å²) in [7, 11) is 0. The Labute approximate surface area is 175 Å². The van der Waals surface area contributed by atoms with Gasteiger partial charge >= 0.3 is 0 Å². The zero-order valence-corrected chi connectivity index (χ0v) is 18.9. The number of phenolic OH excluding ortho intramolecular Hbond substituents is 1. The van der Waals surface area contributed by atoms with Crippen molar-refractivity contribution in [3.63, 3.8) is 0 Å². The van der Waals surface area contributed by atoms with Gasteiger partial charge in [0.15, 0.2) is 0 Å². The minimum Gasteiger partial charge on any atom is -0.506 e. The molecule has 1 heterocycles. The molecule has 2 fully saturated rings. The minimum atomic E-state index is 0. The van der Waals surface area contributed by atoms with E-state index >= 15 is 0 Å². The second-order valence-electron chi connectivity index (χ2n) is 5.84. The molecule has 1 aliphatic carbocycles. The summed E-state index contributed by atoms with van der Waals surface area (Å²) < 4.78 is 2.60. The molecule has 0 unspecified atom stereocenters. The molecule has 0 aromatic heterocycles. The minimum absolute atomic E-state index is 0. The smallest absolute Gasteiger partial charge is 0.144 e. The Kier molecular flexibility index (Phi) is 9.18. The van der Waals surface area contributed by atoms with Gasteiger partial charge in [-0.2, -0.15) is 0 Å². The summed E-state index contributed by atoms with van der Waals surface area (Å²) in [6, 6.07) is 2.34. The molecule has 0 bridgehead atoms. The van der Waals surface area contributed by atoms with Gasteiger partial charge < -0.3 is 10.4 Å². The van der Waals surface area contributed by atoms with E-state index < -0.39 is 0 Å². The molecule has 1 saturated carbocycles. The summed E-state index contributed by atoms with van der Waals surface area (Å²) in [4.78, 5) is 2.57. The molecule has 0 amide bonds. The van der Waals surface area contributed by atoms with Gasteiger partial charge in [-0.05, 0) is 56.7 Å². The number of hydrogen-bond donors (Lipinski definition) is 2. The quantitative estimate of drug-likeness (QED) is 0.533. The average molecular weight is 556 g/mol. The lowest BCUT2D eigenvalue weighted by atomic mass is 9.76. The van der Waals surface area contributed by atoms with Crippen molar-refractivity contribution in [2.45, 2.75) is 25.3 Å². The number of aromatic hydroxyl groups is 1. The summed E-state index contributed by atoms with van der Waals surface area (Å²) in [5.41, 5.74) is 1.20. The van der Waals surface area contributed by atoms with Crippen LogP contribution in [0, 0.1) is 5.92 Å². The first-order chi connectivity index (χ1) is 10.1. The van der Waals surface area contributed by atoms with Gasteiger partial charge in [-0.3, -0.25) is 4.90 Å². The normalized spacial score (nSPS) is 20.1. The SMILES string of the molecule is Cl.Cl.Oc1c(Br)cc(Br)c([C@@H](C2CCC2)N2CCNCC2)c1Br. The molecule has 3 rings (SSSR count). The third-order valence-electron chi connectivity index (χ3n) is 4.62. The van der Waals surface area contributed by atoms with E-state index in [1.54, 1.807) is 0 Å². The van der Waals surface area contributed by atoms with Crippen molar-refractivity contribution in [2.75, 3.05) is 26.2 Å². The molecule has 2 aliphatic rings. The Morgan fingerprint density at radius 1 is 1.09 bits per heavy atom. The first kappa shape index (κ1) is 22.0. The van der Waals surface area contributed by atoms with Gasteiger partial charge in [0, 0.05) is 42.3 Å². The molecule has 1 saturated heterocycles. The number of piperazine rings is 1. The molecule has 1 atom stereocenters. The zero-order chi connectivity index (χ0) is 15.0. The number of hydrogen-bond acceptors (Lipinski definition) is 3. The topological polar surface area (TPSA) is 35.5 Å². The number of halogens is 5. The van der Waals surface area contributed by atoms with Crippen LogP contribution in [0.5, 0.6) is 5.75 Å². The van der Waals surface area contributed by atoms with E-state index in [2.05, 4.69) is 58.0 Å². The Morgan fingerprint density at radius 3 is 2.22 bits per heavy atom. The predicted molar refractivity (Wildman–Crippen MR) is 110 cm³/mol. The zero-order valence-electron chi connectivity index (χ0n) is 12.5. The van der Waals surface area contributed by atoms with E-state index in [1.165, 1.54) is 24.8 Å². The van der Waals surface area contributed by atoms with E-state index in [1.807, 2.05) is 6.07 Å². The van der Waals surface area contributed by atoms with E-state index in [-0.39, 0.29) is 24.8 Å². The van der Waals surface area contributed by atoms with Gasteiger partial charge in [0.25, 0.3) is 0 Å². The van der Waals surface area contributed by atoms with Crippen LogP contribution in [0.25, 0.3) is 0 Å². The molecule has 0 spiro atoms. The van der Waals surface area contributed by atoms with Crippen LogP contribution in [0.4, 0.5) is 0 Å². The van der Waals surface area contributed by atoms with Gasteiger partial charge in [-0.1, -0.05) is 22.4 Å². The van der Waals surface area contributed by atoms with E-state index in [0.717, 1.165) is 39.6 Å². The maximum absolute atomic E-state index is 10.3. The highest BCUT2D eigenvalue weighted by molar-refractivity contribution is 9.11. The van der Waals surface area contributed by atoms with Crippen LogP contribution in [0.15, 0.2) is 19.5 Å². The second-order valence-corrected chi connectivity index (χ2v) is 8.34. The molecule has 132 valence electrons. The summed E-state index contributed by atoms with van der Waals surface area (Å²) in [5.74, 6) is 0.990. The number of rotatable bonds is 3. The Morgan fingerprint density at radius 2 is 1.70 bits per heavy atom. The first-order valence-electron chi connectivity index (χ1n) is 7.40. The summed E-state index contributed by atoms with van der Waals surface area (Å²) in [5, 5.41) is 13.7. The van der Waals surface area contributed by atoms with Crippen molar-refractivity contribution in [3.8, 4) is 5.75 Å². The summed E-state index contributed by atoms with van der Waals surface area (Å²) in [6.45, 7) is 4.22. The maximum Gasteiger partial charge on any atom is 0.144 e. The van der Waals surface area contributed by atoms with Crippen molar-refractivity contribution in [1.82, 2.24) is 10.2 Å². The van der Waals surface area contributed by atoms with Crippen LogP contribution >= 0.6 is 72.6 Å². The third-order valence-corrected chi connectivity index (χ3v) is 6.68. The van der Waals surface area contributed by atoms with Crippen LogP contribution in [0.1, 0.15) is 30.9 Å². The Hall–Kier alpha value is 0.960. The Balaban J connectivity index is 0.00000132. The molecule has 0 radical (unpaired) electrons. The van der Waals surface area contributed by atoms with Crippen molar-refractivity contribution in [1.29, 1.82) is 0 Å². The fourth-order valence-electron chi connectivity index (χ4n) is 3.30. The van der Waals surface area contributed by atoms with E-state index in [0.29, 0.717) is 17.7 Å². The first-order valence-corrected chi connectivity index (χ1v) is 9.78. The van der Waals surface area contributed by atoms with Gasteiger partial charge in [0.05, 0.1) is 8.95 Å². The molecular formula is C15H21Br3Cl2N2O. The monoisotopic (exact) mass is 552 g/mol. The van der Waals surface area contributed by atoms with Crippen molar-refractivity contribution in [2.24, 2.45) is 5.92 Å². The molecule has 8 heteroatoms. The van der Waals surface area contributed by atoms with Gasteiger partial charge in [-0.25, -0.2) is 0 Å². The maximum atomic E-state index is 10.3. The number of nitrogens with one attached hydrogen (secondary N) is 1. The molecule has 3 nitrogen and oxygen atoms in total. The van der Waals surface area contributed by atoms with Crippen molar-refractivity contribution in [3.05, 3.63) is 25.0 Å². The number of phenols is 1. The largest absolute Gasteiger partial charge is 0.506 e. The lowest BCUT2D eigenvalue weighted by Crippen LogP contribution is -2.48. The molecule has 1 aromatic rings.